The lowest BCUT2D eigenvalue weighted by molar-refractivity contribution is -0.0190. The van der Waals surface area contributed by atoms with Crippen molar-refractivity contribution in [1.82, 2.24) is 5.01 Å². The van der Waals surface area contributed by atoms with Gasteiger partial charge in [0.2, 0.25) is 6.23 Å². The molecule has 0 aromatic heterocycles. The number of ether oxygens (including phenoxy) is 1. The molecular formula is C22H16Br2N2O. The van der Waals surface area contributed by atoms with Crippen molar-refractivity contribution < 1.29 is 4.74 Å². The van der Waals surface area contributed by atoms with Gasteiger partial charge in [-0.05, 0) is 35.9 Å². The molecule has 0 N–H and O–H groups in total. The number of fused-ring (bicyclic) bond motifs is 3. The molecule has 2 unspecified atom stereocenters. The summed E-state index contributed by atoms with van der Waals surface area (Å²) in [7, 11) is 0. The molecule has 134 valence electrons. The first-order valence-corrected chi connectivity index (χ1v) is 10.4. The Labute approximate surface area is 174 Å². The van der Waals surface area contributed by atoms with Gasteiger partial charge < -0.3 is 4.74 Å². The number of rotatable bonds is 2. The van der Waals surface area contributed by atoms with Crippen LogP contribution >= 0.6 is 31.9 Å². The summed E-state index contributed by atoms with van der Waals surface area (Å²) < 4.78 is 8.50. The molecule has 2 atom stereocenters. The maximum absolute atomic E-state index is 6.39. The van der Waals surface area contributed by atoms with Gasteiger partial charge in [0.25, 0.3) is 0 Å². The lowest BCUT2D eigenvalue weighted by atomic mass is 9.96. The molecule has 27 heavy (non-hydrogen) atoms. The van der Waals surface area contributed by atoms with Crippen molar-refractivity contribution in [3.63, 3.8) is 0 Å². The summed E-state index contributed by atoms with van der Waals surface area (Å²) in [6.45, 7) is 0. The molecule has 3 nitrogen and oxygen atoms in total. The van der Waals surface area contributed by atoms with Crippen LogP contribution in [0.25, 0.3) is 0 Å². The third kappa shape index (κ3) is 3.09. The highest BCUT2D eigenvalue weighted by Gasteiger charge is 2.41. The molecule has 2 aliphatic rings. The van der Waals surface area contributed by atoms with Crippen molar-refractivity contribution >= 4 is 37.6 Å². The Morgan fingerprint density at radius 3 is 2.41 bits per heavy atom. The summed E-state index contributed by atoms with van der Waals surface area (Å²) in [5.41, 5.74) is 4.53. The zero-order valence-corrected chi connectivity index (χ0v) is 17.5. The fraction of sp³-hybridized carbons (Fsp3) is 0.136. The predicted molar refractivity (Wildman–Crippen MR) is 114 cm³/mol. The number of nitrogens with zero attached hydrogens (tertiary/aromatic N) is 2. The second-order valence-electron chi connectivity index (χ2n) is 6.72. The largest absolute Gasteiger partial charge is 0.464 e. The van der Waals surface area contributed by atoms with E-state index in [1.165, 1.54) is 5.56 Å². The minimum Gasteiger partial charge on any atom is -0.464 e. The Morgan fingerprint density at radius 1 is 0.889 bits per heavy atom. The van der Waals surface area contributed by atoms with Gasteiger partial charge in [0.05, 0.1) is 11.8 Å². The van der Waals surface area contributed by atoms with Gasteiger partial charge in [-0.3, -0.25) is 0 Å². The van der Waals surface area contributed by atoms with Crippen LogP contribution in [-0.4, -0.2) is 10.7 Å². The Kier molecular flexibility index (Phi) is 4.29. The van der Waals surface area contributed by atoms with Crippen molar-refractivity contribution in [3.05, 3.63) is 98.4 Å². The van der Waals surface area contributed by atoms with E-state index < -0.39 is 0 Å². The van der Waals surface area contributed by atoms with Crippen LogP contribution in [0.2, 0.25) is 0 Å². The Hall–Kier alpha value is -2.11. The van der Waals surface area contributed by atoms with Crippen LogP contribution in [0.5, 0.6) is 5.75 Å². The average Bonchev–Trinajstić information content (AvgIpc) is 3.15. The first-order chi connectivity index (χ1) is 13.2. The van der Waals surface area contributed by atoms with Gasteiger partial charge in [0.1, 0.15) is 5.75 Å². The summed E-state index contributed by atoms with van der Waals surface area (Å²) in [6, 6.07) is 25.0. The maximum atomic E-state index is 6.39. The third-order valence-corrected chi connectivity index (χ3v) is 6.04. The molecule has 0 amide bonds. The molecule has 3 aromatic rings. The Bertz CT molecular complexity index is 1020. The normalized spacial score (nSPS) is 20.5. The first kappa shape index (κ1) is 17.0. The van der Waals surface area contributed by atoms with E-state index in [-0.39, 0.29) is 12.3 Å². The zero-order chi connectivity index (χ0) is 18.4. The Morgan fingerprint density at radius 2 is 1.63 bits per heavy atom. The van der Waals surface area contributed by atoms with Crippen molar-refractivity contribution in [2.75, 3.05) is 0 Å². The predicted octanol–water partition coefficient (Wildman–Crippen LogP) is 6.45. The molecule has 0 bridgehead atoms. The standard InChI is InChI=1S/C22H16Br2N2O/c23-16-8-6-15(7-9-16)22-26-20(18-12-17(24)10-11-21(18)27-22)13-19(25-26)14-4-2-1-3-5-14/h1-12,20,22H,13H2. The fourth-order valence-electron chi connectivity index (χ4n) is 3.71. The fourth-order valence-corrected chi connectivity index (χ4v) is 4.35. The lowest BCUT2D eigenvalue weighted by Gasteiger charge is -2.38. The highest BCUT2D eigenvalue weighted by atomic mass is 79.9. The summed E-state index contributed by atoms with van der Waals surface area (Å²) >= 11 is 7.11. The third-order valence-electron chi connectivity index (χ3n) is 5.01. The topological polar surface area (TPSA) is 24.8 Å². The van der Waals surface area contributed by atoms with Crippen LogP contribution in [0.1, 0.15) is 35.4 Å². The minimum atomic E-state index is -0.238. The van der Waals surface area contributed by atoms with E-state index in [4.69, 9.17) is 9.84 Å². The zero-order valence-electron chi connectivity index (χ0n) is 14.3. The van der Waals surface area contributed by atoms with Crippen molar-refractivity contribution in [3.8, 4) is 5.75 Å². The molecule has 2 heterocycles. The molecule has 0 radical (unpaired) electrons. The van der Waals surface area contributed by atoms with Crippen molar-refractivity contribution in [2.24, 2.45) is 5.10 Å². The molecule has 0 saturated carbocycles. The first-order valence-electron chi connectivity index (χ1n) is 8.82. The molecular weight excluding hydrogens is 468 g/mol. The number of hydrazone groups is 1. The second-order valence-corrected chi connectivity index (χ2v) is 8.55. The van der Waals surface area contributed by atoms with Crippen LogP contribution in [0.4, 0.5) is 0 Å². The van der Waals surface area contributed by atoms with Crippen molar-refractivity contribution in [2.45, 2.75) is 18.7 Å². The Balaban J connectivity index is 1.61. The van der Waals surface area contributed by atoms with Crippen LogP contribution in [0.15, 0.2) is 86.8 Å². The van der Waals surface area contributed by atoms with E-state index in [9.17, 15) is 0 Å². The van der Waals surface area contributed by atoms with Crippen LogP contribution in [0, 0.1) is 0 Å². The summed E-state index contributed by atoms with van der Waals surface area (Å²) in [5.74, 6) is 0.928. The molecule has 2 aliphatic heterocycles. The van der Waals surface area contributed by atoms with Gasteiger partial charge >= 0.3 is 0 Å². The molecule has 3 aromatic carbocycles. The number of benzene rings is 3. The molecule has 0 spiro atoms. The molecule has 0 saturated heterocycles. The highest BCUT2D eigenvalue weighted by Crippen LogP contribution is 2.48. The van der Waals surface area contributed by atoms with E-state index in [0.29, 0.717) is 0 Å². The smallest absolute Gasteiger partial charge is 0.213 e. The van der Waals surface area contributed by atoms with E-state index in [0.717, 1.165) is 38.0 Å². The van der Waals surface area contributed by atoms with Gasteiger partial charge in [-0.25, -0.2) is 5.01 Å². The van der Waals surface area contributed by atoms with Gasteiger partial charge in [0, 0.05) is 26.5 Å². The second kappa shape index (κ2) is 6.80. The van der Waals surface area contributed by atoms with Gasteiger partial charge in [-0.2, -0.15) is 5.10 Å². The van der Waals surface area contributed by atoms with Gasteiger partial charge in [-0.15, -0.1) is 0 Å². The average molecular weight is 484 g/mol. The van der Waals surface area contributed by atoms with E-state index in [1.807, 2.05) is 30.3 Å². The molecule has 5 rings (SSSR count). The van der Waals surface area contributed by atoms with Crippen LogP contribution in [0.3, 0.4) is 0 Å². The molecule has 0 aliphatic carbocycles. The SMILES string of the molecule is Brc1ccc(C2Oc3ccc(Br)cc3C3CC(c4ccccc4)=NN32)cc1. The van der Waals surface area contributed by atoms with E-state index >= 15 is 0 Å². The number of hydrogen-bond acceptors (Lipinski definition) is 3. The number of halogens is 2. The summed E-state index contributed by atoms with van der Waals surface area (Å²) in [5, 5.41) is 7.10. The quantitative estimate of drug-likeness (QED) is 0.418. The summed E-state index contributed by atoms with van der Waals surface area (Å²) in [6.07, 6.45) is 0.627. The van der Waals surface area contributed by atoms with E-state index in [1.54, 1.807) is 0 Å². The van der Waals surface area contributed by atoms with Crippen molar-refractivity contribution in [1.29, 1.82) is 0 Å². The van der Waals surface area contributed by atoms with Crippen LogP contribution < -0.4 is 4.74 Å². The highest BCUT2D eigenvalue weighted by molar-refractivity contribution is 9.10. The number of hydrogen-bond donors (Lipinski definition) is 0. The maximum Gasteiger partial charge on any atom is 0.213 e. The molecule has 0 fully saturated rings. The van der Waals surface area contributed by atoms with E-state index in [2.05, 4.69) is 79.3 Å². The monoisotopic (exact) mass is 482 g/mol. The summed E-state index contributed by atoms with van der Waals surface area (Å²) in [4.78, 5) is 0. The van der Waals surface area contributed by atoms with Gasteiger partial charge in [0.15, 0.2) is 0 Å². The van der Waals surface area contributed by atoms with Crippen LogP contribution in [-0.2, 0) is 0 Å². The van der Waals surface area contributed by atoms with Gasteiger partial charge in [-0.1, -0.05) is 74.3 Å². The lowest BCUT2D eigenvalue weighted by Crippen LogP contribution is -2.33. The molecule has 5 heteroatoms. The minimum absolute atomic E-state index is 0.162.